The van der Waals surface area contributed by atoms with Crippen molar-refractivity contribution in [3.63, 3.8) is 0 Å². The minimum atomic E-state index is -1.72. The maximum atomic E-state index is 11.4. The Hall–Kier alpha value is -1.27. The standard InChI is InChI=1S/C19H31NOSi/c1-13(2)22(14(3)4,15(5)6)11-10-17-12-18(19(20)21)9-8-16(17)7/h8-9,12-17H,1-7H3,(H2,20,21). The van der Waals surface area contributed by atoms with Gasteiger partial charge in [0, 0.05) is 11.5 Å². The molecule has 1 amide bonds. The number of carbonyl (C=O) groups excluding carboxylic acids is 1. The second kappa shape index (κ2) is 7.33. The van der Waals surface area contributed by atoms with Crippen LogP contribution in [0.4, 0.5) is 0 Å². The first kappa shape index (κ1) is 18.8. The number of primary amides is 1. The Morgan fingerprint density at radius 2 is 1.64 bits per heavy atom. The summed E-state index contributed by atoms with van der Waals surface area (Å²) in [6.45, 7) is 16.0. The SMILES string of the molecule is CC1C=CC(C(N)=O)=CC1C#C[Si](C(C)C)(C(C)C)C(C)C. The lowest BCUT2D eigenvalue weighted by Gasteiger charge is -2.38. The van der Waals surface area contributed by atoms with E-state index >= 15 is 0 Å². The molecule has 1 aliphatic rings. The highest BCUT2D eigenvalue weighted by molar-refractivity contribution is 6.90. The summed E-state index contributed by atoms with van der Waals surface area (Å²) in [6, 6.07) is 0. The molecular formula is C19H31NOSi. The monoisotopic (exact) mass is 317 g/mol. The Balaban J connectivity index is 3.23. The average molecular weight is 318 g/mol. The van der Waals surface area contributed by atoms with Crippen LogP contribution in [0.3, 0.4) is 0 Å². The van der Waals surface area contributed by atoms with Crippen LogP contribution in [0.5, 0.6) is 0 Å². The largest absolute Gasteiger partial charge is 0.366 e. The fourth-order valence-corrected chi connectivity index (χ4v) is 9.04. The summed E-state index contributed by atoms with van der Waals surface area (Å²) in [7, 11) is -1.72. The van der Waals surface area contributed by atoms with Crippen LogP contribution in [0.25, 0.3) is 0 Å². The Morgan fingerprint density at radius 3 is 2.05 bits per heavy atom. The van der Waals surface area contributed by atoms with Crippen LogP contribution in [-0.4, -0.2) is 14.0 Å². The smallest absolute Gasteiger partial charge is 0.248 e. The number of amides is 1. The number of hydrogen-bond donors (Lipinski definition) is 1. The Labute approximate surface area is 137 Å². The van der Waals surface area contributed by atoms with Gasteiger partial charge in [-0.05, 0) is 22.5 Å². The molecule has 0 aromatic heterocycles. The maximum Gasteiger partial charge on any atom is 0.248 e. The molecule has 0 saturated heterocycles. The van der Waals surface area contributed by atoms with Gasteiger partial charge < -0.3 is 5.73 Å². The van der Waals surface area contributed by atoms with Crippen molar-refractivity contribution < 1.29 is 4.79 Å². The molecule has 0 aromatic carbocycles. The first-order valence-electron chi connectivity index (χ1n) is 8.35. The zero-order valence-electron chi connectivity index (χ0n) is 15.1. The van der Waals surface area contributed by atoms with Crippen LogP contribution in [-0.2, 0) is 4.79 Å². The van der Waals surface area contributed by atoms with Gasteiger partial charge in [0.05, 0.1) is 0 Å². The zero-order valence-corrected chi connectivity index (χ0v) is 16.1. The number of hydrogen-bond acceptors (Lipinski definition) is 1. The molecule has 0 aromatic rings. The van der Waals surface area contributed by atoms with Crippen molar-refractivity contribution in [1.29, 1.82) is 0 Å². The van der Waals surface area contributed by atoms with Crippen LogP contribution in [0.15, 0.2) is 23.8 Å². The van der Waals surface area contributed by atoms with Crippen LogP contribution >= 0.6 is 0 Å². The van der Waals surface area contributed by atoms with E-state index in [1.807, 2.05) is 18.2 Å². The molecule has 0 fully saturated rings. The number of rotatable bonds is 4. The van der Waals surface area contributed by atoms with E-state index in [2.05, 4.69) is 59.9 Å². The van der Waals surface area contributed by atoms with Gasteiger partial charge in [-0.1, -0.05) is 66.7 Å². The molecule has 0 bridgehead atoms. The number of nitrogens with two attached hydrogens (primary N) is 1. The summed E-state index contributed by atoms with van der Waals surface area (Å²) >= 11 is 0. The van der Waals surface area contributed by atoms with Gasteiger partial charge in [-0.25, -0.2) is 0 Å². The van der Waals surface area contributed by atoms with Gasteiger partial charge in [-0.15, -0.1) is 11.5 Å². The molecule has 2 atom stereocenters. The molecule has 122 valence electrons. The lowest BCUT2D eigenvalue weighted by Crippen LogP contribution is -2.43. The first-order valence-corrected chi connectivity index (χ1v) is 10.6. The molecule has 1 aliphatic carbocycles. The third-order valence-electron chi connectivity index (χ3n) is 5.11. The summed E-state index contributed by atoms with van der Waals surface area (Å²) in [4.78, 5) is 11.4. The Kier molecular flexibility index (Phi) is 6.25. The van der Waals surface area contributed by atoms with Crippen molar-refractivity contribution in [3.8, 4) is 11.5 Å². The van der Waals surface area contributed by atoms with E-state index in [1.54, 1.807) is 0 Å². The van der Waals surface area contributed by atoms with Gasteiger partial charge in [-0.2, -0.15) is 0 Å². The van der Waals surface area contributed by atoms with E-state index in [1.165, 1.54) is 0 Å². The fraction of sp³-hybridized carbons (Fsp3) is 0.632. The van der Waals surface area contributed by atoms with Crippen molar-refractivity contribution in [3.05, 3.63) is 23.8 Å². The predicted octanol–water partition coefficient (Wildman–Crippen LogP) is 4.44. The van der Waals surface area contributed by atoms with E-state index in [4.69, 9.17) is 5.73 Å². The van der Waals surface area contributed by atoms with E-state index in [-0.39, 0.29) is 11.8 Å². The van der Waals surface area contributed by atoms with Gasteiger partial charge in [0.15, 0.2) is 0 Å². The third-order valence-corrected chi connectivity index (χ3v) is 11.4. The minimum Gasteiger partial charge on any atom is -0.366 e. The minimum absolute atomic E-state index is 0.0932. The fourth-order valence-electron chi connectivity index (χ4n) is 3.75. The first-order chi connectivity index (χ1) is 10.1. The Morgan fingerprint density at radius 1 is 1.14 bits per heavy atom. The lowest BCUT2D eigenvalue weighted by molar-refractivity contribution is -0.114. The quantitative estimate of drug-likeness (QED) is 0.604. The normalized spacial score (nSPS) is 21.8. The summed E-state index contributed by atoms with van der Waals surface area (Å²) in [5.41, 5.74) is 11.6. The molecule has 0 aliphatic heterocycles. The number of carbonyl (C=O) groups is 1. The van der Waals surface area contributed by atoms with Gasteiger partial charge >= 0.3 is 0 Å². The second-order valence-electron chi connectivity index (χ2n) is 7.40. The molecular weight excluding hydrogens is 286 g/mol. The molecule has 0 heterocycles. The van der Waals surface area contributed by atoms with Gasteiger partial charge in [-0.3, -0.25) is 4.79 Å². The highest BCUT2D eigenvalue weighted by Crippen LogP contribution is 2.41. The highest BCUT2D eigenvalue weighted by atomic mass is 28.3. The second-order valence-corrected chi connectivity index (χ2v) is 13.0. The predicted molar refractivity (Wildman–Crippen MR) is 97.9 cm³/mol. The highest BCUT2D eigenvalue weighted by Gasteiger charge is 2.41. The molecule has 0 radical (unpaired) electrons. The van der Waals surface area contributed by atoms with Gasteiger partial charge in [0.25, 0.3) is 0 Å². The number of allylic oxidation sites excluding steroid dienone is 2. The average Bonchev–Trinajstić information content (AvgIpc) is 2.39. The molecule has 22 heavy (non-hydrogen) atoms. The van der Waals surface area contributed by atoms with E-state index in [0.717, 1.165) is 0 Å². The summed E-state index contributed by atoms with van der Waals surface area (Å²) < 4.78 is 0. The van der Waals surface area contributed by atoms with E-state index in [9.17, 15) is 4.79 Å². The van der Waals surface area contributed by atoms with Crippen LogP contribution in [0, 0.1) is 23.3 Å². The zero-order chi connectivity index (χ0) is 17.1. The Bertz CT molecular complexity index is 510. The van der Waals surface area contributed by atoms with Gasteiger partial charge in [0.1, 0.15) is 8.07 Å². The molecule has 0 saturated carbocycles. The topological polar surface area (TPSA) is 43.1 Å². The molecule has 0 spiro atoms. The van der Waals surface area contributed by atoms with Crippen molar-refractivity contribution in [2.24, 2.45) is 17.6 Å². The van der Waals surface area contributed by atoms with Crippen molar-refractivity contribution in [2.45, 2.75) is 65.1 Å². The van der Waals surface area contributed by atoms with Crippen LogP contribution in [0.2, 0.25) is 16.6 Å². The molecule has 3 heteroatoms. The van der Waals surface area contributed by atoms with Gasteiger partial charge in [0.2, 0.25) is 5.91 Å². The van der Waals surface area contributed by atoms with Crippen LogP contribution < -0.4 is 5.73 Å². The van der Waals surface area contributed by atoms with Crippen LogP contribution in [0.1, 0.15) is 48.5 Å². The van der Waals surface area contributed by atoms with E-state index < -0.39 is 8.07 Å². The molecule has 2 N–H and O–H groups in total. The summed E-state index contributed by atoms with van der Waals surface area (Å²) in [6.07, 6.45) is 5.81. The maximum absolute atomic E-state index is 11.4. The summed E-state index contributed by atoms with van der Waals surface area (Å²) in [5.74, 6) is 3.57. The molecule has 1 rings (SSSR count). The van der Waals surface area contributed by atoms with Crippen molar-refractivity contribution >= 4 is 14.0 Å². The van der Waals surface area contributed by atoms with Crippen molar-refractivity contribution in [1.82, 2.24) is 0 Å². The molecule has 2 unspecified atom stereocenters. The molecule has 2 nitrogen and oxygen atoms in total. The third kappa shape index (κ3) is 3.73. The lowest BCUT2D eigenvalue weighted by atomic mass is 9.87. The van der Waals surface area contributed by atoms with Crippen molar-refractivity contribution in [2.75, 3.05) is 0 Å². The summed E-state index contributed by atoms with van der Waals surface area (Å²) in [5, 5.41) is 0. The van der Waals surface area contributed by atoms with E-state index in [0.29, 0.717) is 28.1 Å².